The van der Waals surface area contributed by atoms with Crippen molar-refractivity contribution in [2.24, 2.45) is 0 Å². The fraction of sp³-hybridized carbons (Fsp3) is 0.200. The summed E-state index contributed by atoms with van der Waals surface area (Å²) >= 11 is 0. The average Bonchev–Trinajstić information content (AvgIpc) is 2.19. The minimum absolute atomic E-state index is 0.100. The molecular weight excluding hydrogens is 182 g/mol. The van der Waals surface area contributed by atoms with Crippen LogP contribution in [0.5, 0.6) is 5.75 Å². The predicted molar refractivity (Wildman–Crippen MR) is 50.1 cm³/mol. The van der Waals surface area contributed by atoms with E-state index in [4.69, 9.17) is 16.3 Å². The van der Waals surface area contributed by atoms with Gasteiger partial charge in [0.05, 0.1) is 18.4 Å². The van der Waals surface area contributed by atoms with Crippen LogP contribution in [-0.2, 0) is 0 Å². The number of rotatable bonds is 4. The number of carboxylic acid groups (broad SMARTS) is 1. The fourth-order valence-electron chi connectivity index (χ4n) is 0.843. The van der Waals surface area contributed by atoms with Gasteiger partial charge in [-0.05, 0) is 6.07 Å². The number of hydrogen-bond acceptors (Lipinski definition) is 3. The predicted octanol–water partition coefficient (Wildman–Crippen LogP) is 1.18. The molecule has 0 aliphatic rings. The molecule has 0 amide bonds. The van der Waals surface area contributed by atoms with Crippen LogP contribution in [0.25, 0.3) is 0 Å². The first-order valence-electron chi connectivity index (χ1n) is 3.98. The zero-order valence-corrected chi connectivity index (χ0v) is 7.43. The first-order chi connectivity index (χ1) is 6.74. The second-order valence-electron chi connectivity index (χ2n) is 2.52. The third kappa shape index (κ3) is 2.79. The van der Waals surface area contributed by atoms with Gasteiger partial charge in [0.2, 0.25) is 0 Å². The van der Waals surface area contributed by atoms with Crippen molar-refractivity contribution in [1.29, 1.82) is 0 Å². The van der Waals surface area contributed by atoms with Gasteiger partial charge in [-0.3, -0.25) is 4.98 Å². The van der Waals surface area contributed by atoms with Gasteiger partial charge in [-0.25, -0.2) is 4.79 Å². The highest BCUT2D eigenvalue weighted by atomic mass is 16.5. The van der Waals surface area contributed by atoms with E-state index in [0.29, 0.717) is 18.8 Å². The molecular formula is C10H9NO3. The van der Waals surface area contributed by atoms with Crippen LogP contribution in [-0.4, -0.2) is 22.7 Å². The molecule has 14 heavy (non-hydrogen) atoms. The van der Waals surface area contributed by atoms with E-state index in [1.165, 1.54) is 18.5 Å². The normalized spacial score (nSPS) is 9.07. The molecule has 1 heterocycles. The fourth-order valence-corrected chi connectivity index (χ4v) is 0.843. The Labute approximate surface area is 81.5 Å². The summed E-state index contributed by atoms with van der Waals surface area (Å²) in [5, 5.41) is 8.65. The van der Waals surface area contributed by atoms with Crippen LogP contribution in [0.15, 0.2) is 18.5 Å². The lowest BCUT2D eigenvalue weighted by Gasteiger charge is -2.03. The summed E-state index contributed by atoms with van der Waals surface area (Å²) in [6.07, 6.45) is 8.22. The lowest BCUT2D eigenvalue weighted by Crippen LogP contribution is -2.00. The molecule has 4 nitrogen and oxygen atoms in total. The van der Waals surface area contributed by atoms with Crippen LogP contribution in [0.1, 0.15) is 16.8 Å². The van der Waals surface area contributed by atoms with Crippen molar-refractivity contribution >= 4 is 5.97 Å². The first kappa shape index (κ1) is 10.1. The molecule has 72 valence electrons. The standard InChI is InChI=1S/C10H9NO3/c1-2-3-4-14-9-5-8(10(12)13)6-11-7-9/h1,5-7H,3-4H2,(H,12,13). The van der Waals surface area contributed by atoms with E-state index in [1.807, 2.05) is 0 Å². The summed E-state index contributed by atoms with van der Waals surface area (Å²) in [5.74, 6) is 1.80. The molecule has 0 saturated heterocycles. The largest absolute Gasteiger partial charge is 0.491 e. The van der Waals surface area contributed by atoms with Gasteiger partial charge < -0.3 is 9.84 Å². The summed E-state index contributed by atoms with van der Waals surface area (Å²) in [6, 6.07) is 1.41. The SMILES string of the molecule is C#CCCOc1cncc(C(=O)O)c1. The number of carbonyl (C=O) groups is 1. The lowest BCUT2D eigenvalue weighted by atomic mass is 10.3. The highest BCUT2D eigenvalue weighted by Gasteiger charge is 2.04. The molecule has 0 spiro atoms. The number of aromatic nitrogens is 1. The third-order valence-electron chi connectivity index (χ3n) is 1.48. The number of hydrogen-bond donors (Lipinski definition) is 1. The molecule has 1 aromatic rings. The molecule has 0 radical (unpaired) electrons. The first-order valence-corrected chi connectivity index (χ1v) is 3.98. The smallest absolute Gasteiger partial charge is 0.337 e. The van der Waals surface area contributed by atoms with Crippen LogP contribution in [0.2, 0.25) is 0 Å². The Morgan fingerprint density at radius 2 is 2.43 bits per heavy atom. The monoisotopic (exact) mass is 191 g/mol. The molecule has 1 rings (SSSR count). The van der Waals surface area contributed by atoms with Crippen LogP contribution in [0.3, 0.4) is 0 Å². The van der Waals surface area contributed by atoms with Gasteiger partial charge in [-0.15, -0.1) is 12.3 Å². The molecule has 0 aliphatic heterocycles. The Morgan fingerprint density at radius 1 is 1.64 bits per heavy atom. The summed E-state index contributed by atoms with van der Waals surface area (Å²) < 4.78 is 5.17. The summed E-state index contributed by atoms with van der Waals surface area (Å²) in [7, 11) is 0. The molecule has 0 fully saturated rings. The molecule has 0 saturated carbocycles. The molecule has 1 N–H and O–H groups in total. The molecule has 0 bridgehead atoms. The van der Waals surface area contributed by atoms with Gasteiger partial charge >= 0.3 is 5.97 Å². The zero-order valence-electron chi connectivity index (χ0n) is 7.43. The molecule has 0 atom stereocenters. The number of terminal acetylenes is 1. The Hall–Kier alpha value is -2.02. The van der Waals surface area contributed by atoms with E-state index >= 15 is 0 Å². The molecule has 0 aromatic carbocycles. The number of aromatic carboxylic acids is 1. The van der Waals surface area contributed by atoms with E-state index < -0.39 is 5.97 Å². The molecule has 1 aromatic heterocycles. The maximum absolute atomic E-state index is 10.6. The Bertz CT molecular complexity index is 368. The van der Waals surface area contributed by atoms with Crippen LogP contribution >= 0.6 is 0 Å². The topological polar surface area (TPSA) is 59.4 Å². The van der Waals surface area contributed by atoms with Crippen LogP contribution < -0.4 is 4.74 Å². The van der Waals surface area contributed by atoms with Gasteiger partial charge in [0.1, 0.15) is 5.75 Å². The van der Waals surface area contributed by atoms with Crippen molar-refractivity contribution in [2.75, 3.05) is 6.61 Å². The summed E-state index contributed by atoms with van der Waals surface area (Å²) in [4.78, 5) is 14.3. The third-order valence-corrected chi connectivity index (χ3v) is 1.48. The summed E-state index contributed by atoms with van der Waals surface area (Å²) in [5.41, 5.74) is 0.100. The number of nitrogens with zero attached hydrogens (tertiary/aromatic N) is 1. The number of pyridine rings is 1. The van der Waals surface area contributed by atoms with Crippen molar-refractivity contribution in [3.8, 4) is 18.1 Å². The zero-order chi connectivity index (χ0) is 10.4. The minimum Gasteiger partial charge on any atom is -0.491 e. The van der Waals surface area contributed by atoms with Gasteiger partial charge in [0.15, 0.2) is 0 Å². The average molecular weight is 191 g/mol. The highest BCUT2D eigenvalue weighted by molar-refractivity contribution is 5.87. The second kappa shape index (κ2) is 4.87. The minimum atomic E-state index is -1.03. The lowest BCUT2D eigenvalue weighted by molar-refractivity contribution is 0.0696. The van der Waals surface area contributed by atoms with Crippen molar-refractivity contribution in [3.05, 3.63) is 24.0 Å². The Kier molecular flexibility index (Phi) is 3.50. The Balaban J connectivity index is 2.65. The quantitative estimate of drug-likeness (QED) is 0.573. The van der Waals surface area contributed by atoms with Gasteiger partial charge in [0, 0.05) is 12.6 Å². The summed E-state index contributed by atoms with van der Waals surface area (Å²) in [6.45, 7) is 0.362. The van der Waals surface area contributed by atoms with Crippen molar-refractivity contribution in [2.45, 2.75) is 6.42 Å². The van der Waals surface area contributed by atoms with Crippen LogP contribution in [0, 0.1) is 12.3 Å². The molecule has 0 aliphatic carbocycles. The van der Waals surface area contributed by atoms with E-state index in [2.05, 4.69) is 10.9 Å². The van der Waals surface area contributed by atoms with E-state index in [1.54, 1.807) is 0 Å². The van der Waals surface area contributed by atoms with E-state index in [-0.39, 0.29) is 5.56 Å². The van der Waals surface area contributed by atoms with E-state index in [9.17, 15) is 4.79 Å². The number of carboxylic acids is 1. The maximum atomic E-state index is 10.6. The van der Waals surface area contributed by atoms with Crippen molar-refractivity contribution in [3.63, 3.8) is 0 Å². The van der Waals surface area contributed by atoms with Crippen molar-refractivity contribution in [1.82, 2.24) is 4.98 Å². The van der Waals surface area contributed by atoms with Gasteiger partial charge in [0.25, 0.3) is 0 Å². The van der Waals surface area contributed by atoms with Crippen molar-refractivity contribution < 1.29 is 14.6 Å². The van der Waals surface area contributed by atoms with Crippen LogP contribution in [0.4, 0.5) is 0 Å². The maximum Gasteiger partial charge on any atom is 0.337 e. The van der Waals surface area contributed by atoms with Gasteiger partial charge in [-0.2, -0.15) is 0 Å². The van der Waals surface area contributed by atoms with E-state index in [0.717, 1.165) is 0 Å². The Morgan fingerprint density at radius 3 is 3.07 bits per heavy atom. The molecule has 4 heteroatoms. The van der Waals surface area contributed by atoms with Gasteiger partial charge in [-0.1, -0.05) is 0 Å². The second-order valence-corrected chi connectivity index (χ2v) is 2.52. The molecule has 0 unspecified atom stereocenters. The highest BCUT2D eigenvalue weighted by Crippen LogP contribution is 2.11. The number of ether oxygens (including phenoxy) is 1.